The molecule has 1 unspecified atom stereocenters. The molecule has 0 aliphatic carbocycles. The Morgan fingerprint density at radius 3 is 3.11 bits per heavy atom. The van der Waals surface area contributed by atoms with E-state index in [2.05, 4.69) is 15.1 Å². The van der Waals surface area contributed by atoms with Crippen LogP contribution in [0.3, 0.4) is 0 Å². The first-order valence-corrected chi connectivity index (χ1v) is 6.04. The number of hydrogen-bond acceptors (Lipinski definition) is 6. The van der Waals surface area contributed by atoms with Crippen LogP contribution in [0, 0.1) is 5.92 Å². The Kier molecular flexibility index (Phi) is 3.12. The lowest BCUT2D eigenvalue weighted by molar-refractivity contribution is 0.215. The van der Waals surface area contributed by atoms with E-state index in [0.29, 0.717) is 30.0 Å². The topological polar surface area (TPSA) is 75.5 Å². The third-order valence-corrected chi connectivity index (χ3v) is 3.19. The number of aliphatic hydroxyl groups excluding tert-OH is 1. The highest BCUT2D eigenvalue weighted by Gasteiger charge is 2.23. The van der Waals surface area contributed by atoms with Crippen molar-refractivity contribution in [3.05, 3.63) is 24.3 Å². The Balaban J connectivity index is 1.64. The van der Waals surface area contributed by atoms with E-state index in [0.717, 1.165) is 19.5 Å². The van der Waals surface area contributed by atoms with Gasteiger partial charge in [0, 0.05) is 13.2 Å². The molecule has 1 N–H and O–H groups in total. The van der Waals surface area contributed by atoms with Crippen LogP contribution < -0.4 is 0 Å². The summed E-state index contributed by atoms with van der Waals surface area (Å²) in [5.74, 6) is 1.95. The molecule has 0 spiro atoms. The lowest BCUT2D eigenvalue weighted by Crippen LogP contribution is -2.21. The fourth-order valence-electron chi connectivity index (χ4n) is 2.21. The maximum atomic E-state index is 9.09. The van der Waals surface area contributed by atoms with Crippen molar-refractivity contribution in [3.63, 3.8) is 0 Å². The number of aromatic nitrogens is 2. The van der Waals surface area contributed by atoms with Crippen LogP contribution in [0.25, 0.3) is 11.7 Å². The smallest absolute Gasteiger partial charge is 0.283 e. The summed E-state index contributed by atoms with van der Waals surface area (Å²) in [5.41, 5.74) is 0. The number of nitrogens with zero attached hydrogens (tertiary/aromatic N) is 3. The van der Waals surface area contributed by atoms with Gasteiger partial charge in [-0.15, -0.1) is 10.2 Å². The minimum atomic E-state index is 0.248. The molecular weight excluding hydrogens is 234 g/mol. The van der Waals surface area contributed by atoms with E-state index < -0.39 is 0 Å². The number of rotatable bonds is 4. The average Bonchev–Trinajstić information content (AvgIpc) is 3.10. The molecule has 1 atom stereocenters. The van der Waals surface area contributed by atoms with Crippen molar-refractivity contribution in [1.82, 2.24) is 15.1 Å². The minimum Gasteiger partial charge on any atom is -0.459 e. The fourth-order valence-corrected chi connectivity index (χ4v) is 2.21. The van der Waals surface area contributed by atoms with Gasteiger partial charge in [-0.05, 0) is 31.0 Å². The Hall–Kier alpha value is -1.66. The molecule has 1 aliphatic rings. The number of furan rings is 1. The molecule has 1 fully saturated rings. The van der Waals surface area contributed by atoms with Crippen LogP contribution in [0.1, 0.15) is 12.3 Å². The molecule has 1 aliphatic heterocycles. The summed E-state index contributed by atoms with van der Waals surface area (Å²) in [6.45, 7) is 2.72. The second-order valence-electron chi connectivity index (χ2n) is 4.55. The summed E-state index contributed by atoms with van der Waals surface area (Å²) in [7, 11) is 0. The van der Waals surface area contributed by atoms with Gasteiger partial charge in [0.25, 0.3) is 5.89 Å². The van der Waals surface area contributed by atoms with E-state index in [1.807, 2.05) is 0 Å². The predicted octanol–water partition coefficient (Wildman–Crippen LogP) is 1.14. The number of hydrogen-bond donors (Lipinski definition) is 1. The van der Waals surface area contributed by atoms with Crippen LogP contribution in [0.2, 0.25) is 0 Å². The molecule has 0 aromatic carbocycles. The summed E-state index contributed by atoms with van der Waals surface area (Å²) in [5, 5.41) is 17.0. The van der Waals surface area contributed by atoms with Crippen molar-refractivity contribution < 1.29 is 13.9 Å². The molecule has 18 heavy (non-hydrogen) atoms. The van der Waals surface area contributed by atoms with Gasteiger partial charge < -0.3 is 13.9 Å². The Morgan fingerprint density at radius 1 is 1.44 bits per heavy atom. The molecule has 1 saturated heterocycles. The van der Waals surface area contributed by atoms with Gasteiger partial charge in [0.2, 0.25) is 5.89 Å². The molecule has 2 aromatic rings. The quantitative estimate of drug-likeness (QED) is 0.875. The van der Waals surface area contributed by atoms with Gasteiger partial charge >= 0.3 is 0 Å². The van der Waals surface area contributed by atoms with E-state index in [1.165, 1.54) is 0 Å². The Labute approximate surface area is 104 Å². The van der Waals surface area contributed by atoms with Gasteiger partial charge in [-0.3, -0.25) is 4.90 Å². The van der Waals surface area contributed by atoms with Crippen LogP contribution in [-0.2, 0) is 6.54 Å². The van der Waals surface area contributed by atoms with Gasteiger partial charge in [0.1, 0.15) is 0 Å². The molecule has 0 amide bonds. The van der Waals surface area contributed by atoms with Crippen LogP contribution in [-0.4, -0.2) is 39.9 Å². The van der Waals surface area contributed by atoms with Crippen molar-refractivity contribution in [2.24, 2.45) is 5.92 Å². The first kappa shape index (κ1) is 11.4. The summed E-state index contributed by atoms with van der Waals surface area (Å²) in [6.07, 6.45) is 2.60. The van der Waals surface area contributed by atoms with Crippen molar-refractivity contribution in [2.45, 2.75) is 13.0 Å². The molecule has 3 heterocycles. The first-order valence-electron chi connectivity index (χ1n) is 6.04. The van der Waals surface area contributed by atoms with Crippen LogP contribution in [0.4, 0.5) is 0 Å². The van der Waals surface area contributed by atoms with Gasteiger partial charge in [0.15, 0.2) is 5.76 Å². The van der Waals surface area contributed by atoms with E-state index in [1.54, 1.807) is 18.4 Å². The average molecular weight is 249 g/mol. The largest absolute Gasteiger partial charge is 0.459 e. The summed E-state index contributed by atoms with van der Waals surface area (Å²) >= 11 is 0. The molecule has 96 valence electrons. The third-order valence-electron chi connectivity index (χ3n) is 3.19. The maximum absolute atomic E-state index is 9.09. The van der Waals surface area contributed by atoms with Crippen LogP contribution >= 0.6 is 0 Å². The second kappa shape index (κ2) is 4.91. The zero-order valence-corrected chi connectivity index (χ0v) is 9.95. The monoisotopic (exact) mass is 249 g/mol. The normalized spacial score (nSPS) is 20.6. The van der Waals surface area contributed by atoms with E-state index in [-0.39, 0.29) is 6.61 Å². The van der Waals surface area contributed by atoms with Gasteiger partial charge in [-0.25, -0.2) is 0 Å². The maximum Gasteiger partial charge on any atom is 0.283 e. The Morgan fingerprint density at radius 2 is 2.39 bits per heavy atom. The molecule has 0 saturated carbocycles. The lowest BCUT2D eigenvalue weighted by Gasteiger charge is -2.11. The Bertz CT molecular complexity index is 494. The summed E-state index contributed by atoms with van der Waals surface area (Å²) < 4.78 is 10.7. The second-order valence-corrected chi connectivity index (χ2v) is 4.55. The van der Waals surface area contributed by atoms with Gasteiger partial charge in [-0.1, -0.05) is 0 Å². The highest BCUT2D eigenvalue weighted by Crippen LogP contribution is 2.21. The molecule has 0 bridgehead atoms. The minimum absolute atomic E-state index is 0.248. The highest BCUT2D eigenvalue weighted by molar-refractivity contribution is 5.42. The molecule has 2 aromatic heterocycles. The van der Waals surface area contributed by atoms with Crippen LogP contribution in [0.15, 0.2) is 27.2 Å². The van der Waals surface area contributed by atoms with E-state index in [4.69, 9.17) is 13.9 Å². The molecular formula is C12H15N3O3. The van der Waals surface area contributed by atoms with Gasteiger partial charge in [-0.2, -0.15) is 0 Å². The van der Waals surface area contributed by atoms with Crippen molar-refractivity contribution in [2.75, 3.05) is 19.7 Å². The molecule has 6 heteroatoms. The van der Waals surface area contributed by atoms with E-state index in [9.17, 15) is 0 Å². The third kappa shape index (κ3) is 2.30. The lowest BCUT2D eigenvalue weighted by atomic mass is 10.1. The predicted molar refractivity (Wildman–Crippen MR) is 62.5 cm³/mol. The molecule has 0 radical (unpaired) electrons. The highest BCUT2D eigenvalue weighted by atomic mass is 16.4. The standard InChI is InChI=1S/C12H15N3O3/c16-8-9-3-4-15(6-9)7-11-13-14-12(18-11)10-2-1-5-17-10/h1-2,5,9,16H,3-4,6-8H2. The number of likely N-dealkylation sites (tertiary alicyclic amines) is 1. The van der Waals surface area contributed by atoms with Crippen molar-refractivity contribution in [3.8, 4) is 11.7 Å². The van der Waals surface area contributed by atoms with Crippen molar-refractivity contribution in [1.29, 1.82) is 0 Å². The van der Waals surface area contributed by atoms with Crippen molar-refractivity contribution >= 4 is 0 Å². The zero-order chi connectivity index (χ0) is 12.4. The SMILES string of the molecule is OCC1CCN(Cc2nnc(-c3ccco3)o2)C1. The summed E-state index contributed by atoms with van der Waals surface area (Å²) in [4.78, 5) is 2.21. The van der Waals surface area contributed by atoms with Gasteiger partial charge in [0.05, 0.1) is 12.8 Å². The van der Waals surface area contributed by atoms with E-state index >= 15 is 0 Å². The molecule has 3 rings (SSSR count). The fraction of sp³-hybridized carbons (Fsp3) is 0.500. The molecule has 6 nitrogen and oxygen atoms in total. The summed E-state index contributed by atoms with van der Waals surface area (Å²) in [6, 6.07) is 3.57. The zero-order valence-electron chi connectivity index (χ0n) is 9.95. The van der Waals surface area contributed by atoms with Crippen LogP contribution in [0.5, 0.6) is 0 Å². The number of aliphatic hydroxyl groups is 1. The first-order chi connectivity index (χ1) is 8.85.